The second kappa shape index (κ2) is 6.05. The van der Waals surface area contributed by atoms with Gasteiger partial charge in [-0.25, -0.2) is 0 Å². The lowest BCUT2D eigenvalue weighted by Crippen LogP contribution is -2.35. The Labute approximate surface area is 117 Å². The summed E-state index contributed by atoms with van der Waals surface area (Å²) >= 11 is 11.7. The molecule has 0 amide bonds. The minimum absolute atomic E-state index is 0. The van der Waals surface area contributed by atoms with Gasteiger partial charge in [-0.05, 0) is 38.0 Å². The van der Waals surface area contributed by atoms with Crippen LogP contribution in [0.2, 0.25) is 10.0 Å². The first-order valence-electron chi connectivity index (χ1n) is 5.33. The van der Waals surface area contributed by atoms with Crippen molar-refractivity contribution >= 4 is 41.4 Å². The Kier molecular flexibility index (Phi) is 5.26. The van der Waals surface area contributed by atoms with Gasteiger partial charge >= 0.3 is 0 Å². The van der Waals surface area contributed by atoms with E-state index in [1.807, 2.05) is 6.92 Å². The molecule has 1 fully saturated rings. The summed E-state index contributed by atoms with van der Waals surface area (Å²) in [4.78, 5) is 12.0. The third kappa shape index (κ3) is 3.85. The summed E-state index contributed by atoms with van der Waals surface area (Å²) in [6.07, 6.45) is 2.33. The number of hydrogen-bond acceptors (Lipinski definition) is 2. The fourth-order valence-corrected chi connectivity index (χ4v) is 1.88. The first kappa shape index (κ1) is 14.8. The van der Waals surface area contributed by atoms with Gasteiger partial charge < -0.3 is 5.32 Å². The molecule has 0 aliphatic heterocycles. The molecule has 2 nitrogen and oxygen atoms in total. The molecule has 0 heterocycles. The molecule has 0 spiro atoms. The Hall–Kier alpha value is -0.280. The molecule has 1 aromatic rings. The number of Topliss-reactive ketones (excluding diaryl/α,β-unsaturated/α-hetero) is 1. The number of nitrogens with one attached hydrogen (secondary N) is 1. The highest BCUT2D eigenvalue weighted by Crippen LogP contribution is 2.24. The Bertz CT molecular complexity index is 418. The average molecular weight is 295 g/mol. The van der Waals surface area contributed by atoms with Crippen molar-refractivity contribution in [3.63, 3.8) is 0 Å². The van der Waals surface area contributed by atoms with E-state index in [0.717, 1.165) is 0 Å². The molecule has 1 N–H and O–H groups in total. The zero-order valence-electron chi connectivity index (χ0n) is 9.37. The van der Waals surface area contributed by atoms with E-state index in [4.69, 9.17) is 23.2 Å². The van der Waals surface area contributed by atoms with Gasteiger partial charge in [-0.3, -0.25) is 4.79 Å². The van der Waals surface area contributed by atoms with Gasteiger partial charge in [-0.2, -0.15) is 0 Å². The second-order valence-corrected chi connectivity index (χ2v) is 4.97. The Morgan fingerprint density at radius 3 is 2.53 bits per heavy atom. The Balaban J connectivity index is 0.00000144. The van der Waals surface area contributed by atoms with Crippen molar-refractivity contribution in [2.75, 3.05) is 0 Å². The van der Waals surface area contributed by atoms with E-state index in [0.29, 0.717) is 21.7 Å². The molecular formula is C12H14Cl3NO. The van der Waals surface area contributed by atoms with E-state index >= 15 is 0 Å². The standard InChI is InChI=1S/C12H13Cl2NO.ClH/c1-7(15-9-3-4-9)12(16)8-2-5-10(13)11(14)6-8;/h2,5-7,9,15H,3-4H2,1H3;1H. The molecule has 0 bridgehead atoms. The lowest BCUT2D eigenvalue weighted by Gasteiger charge is -2.12. The molecule has 1 aliphatic rings. The van der Waals surface area contributed by atoms with Crippen LogP contribution < -0.4 is 5.32 Å². The van der Waals surface area contributed by atoms with Crippen LogP contribution in [-0.4, -0.2) is 17.9 Å². The summed E-state index contributed by atoms with van der Waals surface area (Å²) in [7, 11) is 0. The van der Waals surface area contributed by atoms with Crippen molar-refractivity contribution in [1.29, 1.82) is 0 Å². The van der Waals surface area contributed by atoms with Crippen molar-refractivity contribution in [2.24, 2.45) is 0 Å². The van der Waals surface area contributed by atoms with Gasteiger partial charge in [0, 0.05) is 11.6 Å². The highest BCUT2D eigenvalue weighted by atomic mass is 35.5. The Morgan fingerprint density at radius 2 is 2.00 bits per heavy atom. The van der Waals surface area contributed by atoms with Crippen LogP contribution >= 0.6 is 35.6 Å². The highest BCUT2D eigenvalue weighted by molar-refractivity contribution is 6.42. The second-order valence-electron chi connectivity index (χ2n) is 4.16. The summed E-state index contributed by atoms with van der Waals surface area (Å²) in [6.45, 7) is 1.88. The maximum Gasteiger partial charge on any atom is 0.179 e. The van der Waals surface area contributed by atoms with Crippen LogP contribution in [-0.2, 0) is 0 Å². The number of carbonyl (C=O) groups excluding carboxylic acids is 1. The molecular weight excluding hydrogens is 280 g/mol. The minimum atomic E-state index is -0.162. The largest absolute Gasteiger partial charge is 0.305 e. The number of ketones is 1. The monoisotopic (exact) mass is 293 g/mol. The molecule has 0 aromatic heterocycles. The average Bonchev–Trinajstić information content (AvgIpc) is 3.05. The van der Waals surface area contributed by atoms with Crippen LogP contribution in [0.4, 0.5) is 0 Å². The van der Waals surface area contributed by atoms with Gasteiger partial charge in [0.25, 0.3) is 0 Å². The summed E-state index contributed by atoms with van der Waals surface area (Å²) in [5, 5.41) is 4.16. The Morgan fingerprint density at radius 1 is 1.35 bits per heavy atom. The van der Waals surface area contributed by atoms with Crippen LogP contribution in [0.25, 0.3) is 0 Å². The van der Waals surface area contributed by atoms with E-state index in [-0.39, 0.29) is 24.2 Å². The van der Waals surface area contributed by atoms with Gasteiger partial charge in [0.1, 0.15) is 0 Å². The van der Waals surface area contributed by atoms with Crippen LogP contribution in [0.15, 0.2) is 18.2 Å². The number of carbonyl (C=O) groups is 1. The molecule has 1 unspecified atom stereocenters. The van der Waals surface area contributed by atoms with Gasteiger partial charge in [0.2, 0.25) is 0 Å². The number of benzene rings is 1. The molecule has 1 aromatic carbocycles. The zero-order chi connectivity index (χ0) is 11.7. The fourth-order valence-electron chi connectivity index (χ4n) is 1.58. The third-order valence-corrected chi connectivity index (χ3v) is 3.40. The number of hydrogen-bond donors (Lipinski definition) is 1. The smallest absolute Gasteiger partial charge is 0.179 e. The van der Waals surface area contributed by atoms with E-state index < -0.39 is 0 Å². The van der Waals surface area contributed by atoms with E-state index in [1.54, 1.807) is 18.2 Å². The lowest BCUT2D eigenvalue weighted by atomic mass is 10.1. The molecule has 1 saturated carbocycles. The molecule has 17 heavy (non-hydrogen) atoms. The lowest BCUT2D eigenvalue weighted by molar-refractivity contribution is 0.0950. The SMILES string of the molecule is CC(NC1CC1)C(=O)c1ccc(Cl)c(Cl)c1.Cl. The van der Waals surface area contributed by atoms with Crippen molar-refractivity contribution in [3.8, 4) is 0 Å². The summed E-state index contributed by atoms with van der Waals surface area (Å²) in [5.74, 6) is 0.0606. The quantitative estimate of drug-likeness (QED) is 0.857. The van der Waals surface area contributed by atoms with Gasteiger partial charge in [0.05, 0.1) is 16.1 Å². The summed E-state index contributed by atoms with van der Waals surface area (Å²) < 4.78 is 0. The molecule has 0 saturated heterocycles. The summed E-state index contributed by atoms with van der Waals surface area (Å²) in [5.41, 5.74) is 0.607. The first-order chi connectivity index (χ1) is 7.58. The molecule has 5 heteroatoms. The summed E-state index contributed by atoms with van der Waals surface area (Å²) in [6, 6.07) is 5.34. The van der Waals surface area contributed by atoms with Crippen LogP contribution in [0.3, 0.4) is 0 Å². The van der Waals surface area contributed by atoms with E-state index in [1.165, 1.54) is 12.8 Å². The fraction of sp³-hybridized carbons (Fsp3) is 0.417. The third-order valence-electron chi connectivity index (χ3n) is 2.66. The van der Waals surface area contributed by atoms with Crippen molar-refractivity contribution in [1.82, 2.24) is 5.32 Å². The number of rotatable bonds is 4. The maximum atomic E-state index is 12.0. The molecule has 1 aliphatic carbocycles. The molecule has 94 valence electrons. The first-order valence-corrected chi connectivity index (χ1v) is 6.09. The van der Waals surface area contributed by atoms with E-state index in [2.05, 4.69) is 5.32 Å². The number of halogens is 3. The van der Waals surface area contributed by atoms with Crippen molar-refractivity contribution < 1.29 is 4.79 Å². The molecule has 1 atom stereocenters. The molecule has 0 radical (unpaired) electrons. The van der Waals surface area contributed by atoms with Crippen LogP contribution in [0, 0.1) is 0 Å². The molecule has 2 rings (SSSR count). The predicted molar refractivity (Wildman–Crippen MR) is 73.7 cm³/mol. The van der Waals surface area contributed by atoms with E-state index in [9.17, 15) is 4.79 Å². The predicted octanol–water partition coefficient (Wildman–Crippen LogP) is 3.74. The van der Waals surface area contributed by atoms with Gasteiger partial charge in [-0.1, -0.05) is 23.2 Å². The van der Waals surface area contributed by atoms with Crippen molar-refractivity contribution in [3.05, 3.63) is 33.8 Å². The maximum absolute atomic E-state index is 12.0. The van der Waals surface area contributed by atoms with Crippen LogP contribution in [0.1, 0.15) is 30.1 Å². The van der Waals surface area contributed by atoms with Crippen molar-refractivity contribution in [2.45, 2.75) is 31.8 Å². The topological polar surface area (TPSA) is 29.1 Å². The normalized spacial score (nSPS) is 16.2. The van der Waals surface area contributed by atoms with Crippen LogP contribution in [0.5, 0.6) is 0 Å². The zero-order valence-corrected chi connectivity index (χ0v) is 11.7. The van der Waals surface area contributed by atoms with Gasteiger partial charge in [0.15, 0.2) is 5.78 Å². The highest BCUT2D eigenvalue weighted by Gasteiger charge is 2.26. The minimum Gasteiger partial charge on any atom is -0.305 e. The van der Waals surface area contributed by atoms with Gasteiger partial charge in [-0.15, -0.1) is 12.4 Å².